The molecule has 1 aliphatic heterocycles. The summed E-state index contributed by atoms with van der Waals surface area (Å²) in [4.78, 5) is 0. The lowest BCUT2D eigenvalue weighted by atomic mass is 10.4. The van der Waals surface area contributed by atoms with Gasteiger partial charge in [0.2, 0.25) is 0 Å². The monoisotopic (exact) mass is 228 g/mol. The van der Waals surface area contributed by atoms with Crippen LogP contribution in [-0.2, 0) is 11.8 Å². The molecule has 0 spiro atoms. The van der Waals surface area contributed by atoms with Gasteiger partial charge in [-0.25, -0.2) is 0 Å². The van der Waals surface area contributed by atoms with E-state index >= 15 is 0 Å². The first kappa shape index (κ1) is 9.45. The van der Waals surface area contributed by atoms with E-state index in [1.807, 2.05) is 6.07 Å². The second-order valence-corrected chi connectivity index (χ2v) is 8.78. The standard InChI is InChI=1S/C10H10ClPS/c11-9-6-7-12(13,8-9)10-4-2-1-3-5-10/h1-6H,7-8H2. The summed E-state index contributed by atoms with van der Waals surface area (Å²) in [5.74, 6) is 0. The van der Waals surface area contributed by atoms with Gasteiger partial charge in [0, 0.05) is 17.4 Å². The maximum Gasteiger partial charge on any atom is 0.0198 e. The molecule has 1 unspecified atom stereocenters. The summed E-state index contributed by atoms with van der Waals surface area (Å²) in [6.45, 7) is 0. The molecule has 2 rings (SSSR count). The first-order valence-corrected chi connectivity index (χ1v) is 7.74. The lowest BCUT2D eigenvalue weighted by Crippen LogP contribution is -2.05. The van der Waals surface area contributed by atoms with Crippen LogP contribution >= 0.6 is 17.6 Å². The minimum Gasteiger partial charge on any atom is -0.0919 e. The normalized spacial score (nSPS) is 27.3. The van der Waals surface area contributed by atoms with Gasteiger partial charge in [-0.1, -0.05) is 59.8 Å². The zero-order valence-electron chi connectivity index (χ0n) is 7.11. The molecule has 1 aromatic carbocycles. The Morgan fingerprint density at radius 2 is 1.92 bits per heavy atom. The number of hydrogen-bond acceptors (Lipinski definition) is 1. The molecule has 0 saturated carbocycles. The topological polar surface area (TPSA) is 0 Å². The summed E-state index contributed by atoms with van der Waals surface area (Å²) in [7, 11) is 0. The largest absolute Gasteiger partial charge is 0.0919 e. The first-order valence-electron chi connectivity index (χ1n) is 4.19. The fraction of sp³-hybridized carbons (Fsp3) is 0.200. The zero-order valence-corrected chi connectivity index (χ0v) is 9.58. The molecule has 1 heterocycles. The Morgan fingerprint density at radius 3 is 2.46 bits per heavy atom. The Morgan fingerprint density at radius 1 is 1.23 bits per heavy atom. The Bertz CT molecular complexity index is 383. The molecule has 0 saturated heterocycles. The molecule has 0 fully saturated rings. The fourth-order valence-corrected chi connectivity index (χ4v) is 5.90. The predicted molar refractivity (Wildman–Crippen MR) is 64.0 cm³/mol. The lowest BCUT2D eigenvalue weighted by molar-refractivity contribution is 1.70. The molecule has 13 heavy (non-hydrogen) atoms. The van der Waals surface area contributed by atoms with E-state index in [4.69, 9.17) is 23.4 Å². The summed E-state index contributed by atoms with van der Waals surface area (Å²) in [6, 6.07) is 9.01. The summed E-state index contributed by atoms with van der Waals surface area (Å²) in [6.07, 6.45) is 3.98. The van der Waals surface area contributed by atoms with E-state index in [9.17, 15) is 0 Å². The molecule has 0 radical (unpaired) electrons. The van der Waals surface area contributed by atoms with Gasteiger partial charge >= 0.3 is 0 Å². The van der Waals surface area contributed by atoms with Crippen molar-refractivity contribution in [2.45, 2.75) is 0 Å². The highest BCUT2D eigenvalue weighted by Gasteiger charge is 2.24. The molecule has 0 bridgehead atoms. The smallest absolute Gasteiger partial charge is 0.0198 e. The van der Waals surface area contributed by atoms with Crippen molar-refractivity contribution in [2.75, 3.05) is 12.3 Å². The van der Waals surface area contributed by atoms with Crippen LogP contribution in [-0.4, -0.2) is 12.3 Å². The highest BCUT2D eigenvalue weighted by Crippen LogP contribution is 2.51. The van der Waals surface area contributed by atoms with Gasteiger partial charge in [-0.15, -0.1) is 0 Å². The summed E-state index contributed by atoms with van der Waals surface area (Å²) in [5, 5.41) is 2.27. The Hall–Kier alpha value is -0.100. The van der Waals surface area contributed by atoms with Crippen LogP contribution in [0.15, 0.2) is 41.4 Å². The van der Waals surface area contributed by atoms with Crippen LogP contribution in [0.3, 0.4) is 0 Å². The molecule has 0 amide bonds. The highest BCUT2D eigenvalue weighted by molar-refractivity contribution is 8.18. The van der Waals surface area contributed by atoms with Crippen LogP contribution in [0.4, 0.5) is 0 Å². The summed E-state index contributed by atoms with van der Waals surface area (Å²) >= 11 is 11.7. The molecule has 0 aromatic heterocycles. The highest BCUT2D eigenvalue weighted by atomic mass is 35.5. The second-order valence-electron chi connectivity index (χ2n) is 3.22. The number of allylic oxidation sites excluding steroid dienone is 2. The van der Waals surface area contributed by atoms with Crippen LogP contribution in [0.5, 0.6) is 0 Å². The Balaban J connectivity index is 2.34. The van der Waals surface area contributed by atoms with Gasteiger partial charge in [-0.2, -0.15) is 0 Å². The van der Waals surface area contributed by atoms with E-state index in [2.05, 4.69) is 30.3 Å². The third-order valence-corrected chi connectivity index (χ3v) is 7.05. The van der Waals surface area contributed by atoms with Crippen LogP contribution in [0.1, 0.15) is 0 Å². The molecule has 0 nitrogen and oxygen atoms in total. The van der Waals surface area contributed by atoms with Gasteiger partial charge in [-0.05, 0) is 11.3 Å². The van der Waals surface area contributed by atoms with E-state index in [0.717, 1.165) is 17.4 Å². The van der Waals surface area contributed by atoms with E-state index < -0.39 is 6.04 Å². The molecule has 1 aliphatic rings. The van der Waals surface area contributed by atoms with Crippen LogP contribution in [0, 0.1) is 0 Å². The SMILES string of the molecule is S=P1(c2ccccc2)CC=C(Cl)C1. The quantitative estimate of drug-likeness (QED) is 0.666. The number of hydrogen-bond donors (Lipinski definition) is 0. The van der Waals surface area contributed by atoms with Gasteiger partial charge < -0.3 is 0 Å². The van der Waals surface area contributed by atoms with Crippen molar-refractivity contribution in [3.63, 3.8) is 0 Å². The number of rotatable bonds is 1. The molecule has 1 atom stereocenters. The van der Waals surface area contributed by atoms with Crippen molar-refractivity contribution >= 4 is 34.8 Å². The minimum absolute atomic E-state index is 0.911. The molecule has 68 valence electrons. The molecule has 0 N–H and O–H groups in total. The maximum atomic E-state index is 5.97. The summed E-state index contributed by atoms with van der Waals surface area (Å²) < 4.78 is 0. The van der Waals surface area contributed by atoms with Crippen molar-refractivity contribution in [3.8, 4) is 0 Å². The number of benzene rings is 1. The van der Waals surface area contributed by atoms with Gasteiger partial charge in [0.05, 0.1) is 0 Å². The van der Waals surface area contributed by atoms with Gasteiger partial charge in [0.1, 0.15) is 0 Å². The lowest BCUT2D eigenvalue weighted by Gasteiger charge is -2.15. The van der Waals surface area contributed by atoms with Crippen LogP contribution in [0.2, 0.25) is 0 Å². The molecule has 1 aromatic rings. The molecular formula is C10H10ClPS. The van der Waals surface area contributed by atoms with Crippen molar-refractivity contribution in [3.05, 3.63) is 41.4 Å². The fourth-order valence-electron chi connectivity index (χ4n) is 1.52. The van der Waals surface area contributed by atoms with Crippen LogP contribution < -0.4 is 5.30 Å². The van der Waals surface area contributed by atoms with E-state index in [-0.39, 0.29) is 0 Å². The van der Waals surface area contributed by atoms with Crippen molar-refractivity contribution in [2.24, 2.45) is 0 Å². The third-order valence-electron chi connectivity index (χ3n) is 2.24. The van der Waals surface area contributed by atoms with Gasteiger partial charge in [0.25, 0.3) is 0 Å². The van der Waals surface area contributed by atoms with Crippen molar-refractivity contribution in [1.82, 2.24) is 0 Å². The predicted octanol–water partition coefficient (Wildman–Crippen LogP) is 2.93. The average Bonchev–Trinajstić information content (AvgIpc) is 2.49. The van der Waals surface area contributed by atoms with E-state index in [1.54, 1.807) is 0 Å². The molecule has 0 aliphatic carbocycles. The van der Waals surface area contributed by atoms with Crippen molar-refractivity contribution < 1.29 is 0 Å². The van der Waals surface area contributed by atoms with Crippen molar-refractivity contribution in [1.29, 1.82) is 0 Å². The summed E-state index contributed by atoms with van der Waals surface area (Å²) in [5.41, 5.74) is 0. The van der Waals surface area contributed by atoms with Gasteiger partial charge in [0.15, 0.2) is 0 Å². The molecule has 3 heteroatoms. The third kappa shape index (κ3) is 1.88. The second kappa shape index (κ2) is 3.57. The van der Waals surface area contributed by atoms with E-state index in [1.165, 1.54) is 5.30 Å². The minimum atomic E-state index is -1.37. The van der Waals surface area contributed by atoms with Crippen LogP contribution in [0.25, 0.3) is 0 Å². The average molecular weight is 229 g/mol. The van der Waals surface area contributed by atoms with Gasteiger partial charge in [-0.3, -0.25) is 0 Å². The first-order chi connectivity index (χ1) is 6.21. The Labute approximate surface area is 88.6 Å². The number of halogens is 1. The Kier molecular flexibility index (Phi) is 2.60. The van der Waals surface area contributed by atoms with E-state index in [0.29, 0.717) is 0 Å². The zero-order chi connectivity index (χ0) is 9.31. The molecular weight excluding hydrogens is 219 g/mol. The maximum absolute atomic E-state index is 5.97.